The molecule has 1 aromatic heterocycles. The Hall–Kier alpha value is -2.90. The summed E-state index contributed by atoms with van der Waals surface area (Å²) in [7, 11) is 0. The number of ether oxygens (including phenoxy) is 2. The molecule has 32 heavy (non-hydrogen) atoms. The number of nitrogens with zero attached hydrogens (tertiary/aromatic N) is 3. The smallest absolute Gasteiger partial charge is 0.230 e. The Labute approximate surface area is 192 Å². The normalized spacial score (nSPS) is 18.3. The van der Waals surface area contributed by atoms with Gasteiger partial charge in [-0.15, -0.1) is 11.3 Å². The summed E-state index contributed by atoms with van der Waals surface area (Å²) in [6, 6.07) is 16.4. The van der Waals surface area contributed by atoms with Crippen LogP contribution in [0.3, 0.4) is 0 Å². The lowest BCUT2D eigenvalue weighted by atomic mass is 10.0. The molecule has 166 valence electrons. The van der Waals surface area contributed by atoms with Gasteiger partial charge in [0, 0.05) is 31.3 Å². The molecule has 0 bridgehead atoms. The monoisotopic (exact) mass is 449 g/mol. The second kappa shape index (κ2) is 9.30. The number of carbonyl (C=O) groups is 1. The van der Waals surface area contributed by atoms with E-state index in [2.05, 4.69) is 22.4 Å². The maximum Gasteiger partial charge on any atom is 0.230 e. The summed E-state index contributed by atoms with van der Waals surface area (Å²) >= 11 is 1.51. The minimum absolute atomic E-state index is 0.0386. The van der Waals surface area contributed by atoms with Crippen LogP contribution >= 0.6 is 11.3 Å². The molecular formula is C25H27N3O3S. The van der Waals surface area contributed by atoms with Gasteiger partial charge >= 0.3 is 0 Å². The predicted molar refractivity (Wildman–Crippen MR) is 126 cm³/mol. The zero-order valence-corrected chi connectivity index (χ0v) is 19.0. The minimum atomic E-state index is -0.0386. The Kier molecular flexibility index (Phi) is 6.10. The van der Waals surface area contributed by atoms with E-state index in [4.69, 9.17) is 14.5 Å². The molecule has 0 aliphatic carbocycles. The summed E-state index contributed by atoms with van der Waals surface area (Å²) in [5.41, 5.74) is 3.09. The summed E-state index contributed by atoms with van der Waals surface area (Å²) < 4.78 is 11.7. The van der Waals surface area contributed by atoms with E-state index in [1.54, 1.807) is 11.8 Å². The fourth-order valence-corrected chi connectivity index (χ4v) is 5.34. The second-order valence-electron chi connectivity index (χ2n) is 8.20. The molecule has 0 spiro atoms. The molecule has 0 radical (unpaired) electrons. The van der Waals surface area contributed by atoms with Crippen LogP contribution in [0.1, 0.15) is 43.5 Å². The molecular weight excluding hydrogens is 422 g/mol. The molecule has 0 N–H and O–H groups in total. The van der Waals surface area contributed by atoms with Gasteiger partial charge < -0.3 is 9.47 Å². The van der Waals surface area contributed by atoms with Crippen molar-refractivity contribution < 1.29 is 14.3 Å². The van der Waals surface area contributed by atoms with Gasteiger partial charge in [0.1, 0.15) is 0 Å². The maximum atomic E-state index is 12.3. The van der Waals surface area contributed by atoms with Crippen molar-refractivity contribution in [2.75, 3.05) is 24.7 Å². The summed E-state index contributed by atoms with van der Waals surface area (Å²) in [6.07, 6.45) is 3.17. The molecule has 1 atom stereocenters. The van der Waals surface area contributed by atoms with Crippen molar-refractivity contribution >= 4 is 28.1 Å². The number of aromatic nitrogens is 1. The van der Waals surface area contributed by atoms with Gasteiger partial charge in [-0.1, -0.05) is 24.3 Å². The van der Waals surface area contributed by atoms with Crippen molar-refractivity contribution in [3.05, 3.63) is 65.2 Å². The molecule has 2 aliphatic heterocycles. The van der Waals surface area contributed by atoms with E-state index in [9.17, 15) is 4.79 Å². The third-order valence-electron chi connectivity index (χ3n) is 5.95. The molecule has 3 aromatic rings. The van der Waals surface area contributed by atoms with Gasteiger partial charge in [-0.3, -0.25) is 14.6 Å². The van der Waals surface area contributed by atoms with Crippen LogP contribution in [-0.2, 0) is 11.3 Å². The summed E-state index contributed by atoms with van der Waals surface area (Å²) in [4.78, 5) is 21.3. The summed E-state index contributed by atoms with van der Waals surface area (Å²) in [5, 5.41) is 2.78. The quantitative estimate of drug-likeness (QED) is 0.527. The van der Waals surface area contributed by atoms with Crippen LogP contribution in [0.25, 0.3) is 0 Å². The number of hydrogen-bond donors (Lipinski definition) is 0. The van der Waals surface area contributed by atoms with Crippen LogP contribution in [0.2, 0.25) is 0 Å². The van der Waals surface area contributed by atoms with Crippen LogP contribution in [-0.4, -0.2) is 35.5 Å². The SMILES string of the molecule is CC(=O)N(c1ccccc1)c1nc(CN2CCCC2c2ccc3c(c2)OCCCO3)cs1. The average Bonchev–Trinajstić information content (AvgIpc) is 3.38. The fourth-order valence-electron chi connectivity index (χ4n) is 4.46. The van der Waals surface area contributed by atoms with Gasteiger partial charge in [0.15, 0.2) is 16.6 Å². The van der Waals surface area contributed by atoms with Crippen LogP contribution in [0.4, 0.5) is 10.8 Å². The molecule has 1 unspecified atom stereocenters. The van der Waals surface area contributed by atoms with Crippen molar-refractivity contribution in [1.29, 1.82) is 0 Å². The maximum absolute atomic E-state index is 12.3. The lowest BCUT2D eigenvalue weighted by Gasteiger charge is -2.24. The number of fused-ring (bicyclic) bond motifs is 1. The Morgan fingerprint density at radius 3 is 2.75 bits per heavy atom. The number of amides is 1. The second-order valence-corrected chi connectivity index (χ2v) is 9.03. The van der Waals surface area contributed by atoms with E-state index in [-0.39, 0.29) is 5.91 Å². The highest BCUT2D eigenvalue weighted by Crippen LogP contribution is 2.39. The summed E-state index contributed by atoms with van der Waals surface area (Å²) in [5.74, 6) is 1.65. The first-order valence-corrected chi connectivity index (χ1v) is 12.0. The van der Waals surface area contributed by atoms with Crippen molar-refractivity contribution in [2.45, 2.75) is 38.8 Å². The predicted octanol–water partition coefficient (Wildman–Crippen LogP) is 5.33. The van der Waals surface area contributed by atoms with Crippen molar-refractivity contribution in [2.24, 2.45) is 0 Å². The highest BCUT2D eigenvalue weighted by atomic mass is 32.1. The standard InChI is InChI=1S/C25H27N3O3S/c1-18(29)28(21-7-3-2-4-8-21)25-26-20(17-32-25)16-27-12-5-9-22(27)19-10-11-23-24(15-19)31-14-6-13-30-23/h2-4,7-8,10-11,15,17,22H,5-6,9,12-14,16H2,1H3. The third-order valence-corrected chi connectivity index (χ3v) is 6.82. The topological polar surface area (TPSA) is 54.9 Å². The zero-order valence-electron chi connectivity index (χ0n) is 18.2. The lowest BCUT2D eigenvalue weighted by molar-refractivity contribution is -0.115. The van der Waals surface area contributed by atoms with Crippen LogP contribution < -0.4 is 14.4 Å². The Morgan fingerprint density at radius 2 is 1.94 bits per heavy atom. The van der Waals surface area contributed by atoms with E-state index in [0.29, 0.717) is 24.4 Å². The van der Waals surface area contributed by atoms with E-state index < -0.39 is 0 Å². The highest BCUT2D eigenvalue weighted by Gasteiger charge is 2.28. The molecule has 1 fully saturated rings. The number of carbonyl (C=O) groups excluding carboxylic acids is 1. The molecule has 7 heteroatoms. The van der Waals surface area contributed by atoms with Crippen LogP contribution in [0.15, 0.2) is 53.9 Å². The van der Waals surface area contributed by atoms with Crippen LogP contribution in [0, 0.1) is 0 Å². The molecule has 5 rings (SSSR count). The fraction of sp³-hybridized carbons (Fsp3) is 0.360. The largest absolute Gasteiger partial charge is 0.490 e. The summed E-state index contributed by atoms with van der Waals surface area (Å²) in [6.45, 7) is 4.76. The van der Waals surface area contributed by atoms with Gasteiger partial charge in [0.25, 0.3) is 0 Å². The van der Waals surface area contributed by atoms with E-state index in [1.807, 2.05) is 36.4 Å². The zero-order chi connectivity index (χ0) is 21.9. The minimum Gasteiger partial charge on any atom is -0.490 e. The molecule has 3 heterocycles. The van der Waals surface area contributed by atoms with Gasteiger partial charge in [-0.05, 0) is 49.2 Å². The van der Waals surface area contributed by atoms with E-state index in [1.165, 1.54) is 16.9 Å². The number of likely N-dealkylation sites (tertiary alicyclic amines) is 1. The Balaban J connectivity index is 1.34. The third kappa shape index (κ3) is 4.36. The first kappa shape index (κ1) is 21.0. The molecule has 2 aromatic carbocycles. The van der Waals surface area contributed by atoms with Crippen molar-refractivity contribution in [3.63, 3.8) is 0 Å². The van der Waals surface area contributed by atoms with Gasteiger partial charge in [-0.2, -0.15) is 0 Å². The van der Waals surface area contributed by atoms with Crippen LogP contribution in [0.5, 0.6) is 11.5 Å². The van der Waals surface area contributed by atoms with E-state index >= 15 is 0 Å². The molecule has 6 nitrogen and oxygen atoms in total. The number of para-hydroxylation sites is 1. The van der Waals surface area contributed by atoms with Crippen molar-refractivity contribution in [1.82, 2.24) is 9.88 Å². The van der Waals surface area contributed by atoms with E-state index in [0.717, 1.165) is 55.2 Å². The van der Waals surface area contributed by atoms with Gasteiger partial charge in [0.2, 0.25) is 5.91 Å². The van der Waals surface area contributed by atoms with Gasteiger partial charge in [0.05, 0.1) is 24.6 Å². The average molecular weight is 450 g/mol. The Morgan fingerprint density at radius 1 is 1.12 bits per heavy atom. The molecule has 0 saturated carbocycles. The molecule has 1 saturated heterocycles. The number of benzene rings is 2. The number of hydrogen-bond acceptors (Lipinski definition) is 6. The number of anilines is 2. The van der Waals surface area contributed by atoms with Crippen molar-refractivity contribution in [3.8, 4) is 11.5 Å². The highest BCUT2D eigenvalue weighted by molar-refractivity contribution is 7.14. The lowest BCUT2D eigenvalue weighted by Crippen LogP contribution is -2.24. The molecule has 1 amide bonds. The first-order chi connectivity index (χ1) is 15.7. The van der Waals surface area contributed by atoms with Gasteiger partial charge in [-0.25, -0.2) is 4.98 Å². The molecule has 2 aliphatic rings. The first-order valence-electron chi connectivity index (χ1n) is 11.1. The Bertz CT molecular complexity index is 1090. The number of thiazole rings is 1. The number of rotatable bonds is 5.